The molecular formula is C30H46O4. The summed E-state index contributed by atoms with van der Waals surface area (Å²) in [6, 6.07) is 0. The number of epoxide rings is 1. The lowest BCUT2D eigenvalue weighted by Gasteiger charge is -2.63. The van der Waals surface area contributed by atoms with Crippen LogP contribution in [0.4, 0.5) is 0 Å². The summed E-state index contributed by atoms with van der Waals surface area (Å²) in [6.45, 7) is 15.6. The summed E-state index contributed by atoms with van der Waals surface area (Å²) in [7, 11) is 0. The quantitative estimate of drug-likeness (QED) is 0.532. The standard InChI is InChI=1S/C30H46O4/c1-17(14-18(31)24-26(4,5)34-24)23-19(32)15-28(7)21-9-8-20-25(2,3)22(33)10-11-29(20)16-30(21,29)13-12-27(23,28)6/h17,20-24,33H,8-16H2,1-7H3/t17-,20+,21+,22+,23+,24+,27-,28+,29-,30+/m1/s1. The van der Waals surface area contributed by atoms with Gasteiger partial charge in [0.1, 0.15) is 11.9 Å². The van der Waals surface area contributed by atoms with Gasteiger partial charge in [-0.25, -0.2) is 0 Å². The number of carbonyl (C=O) groups excluding carboxylic acids is 2. The van der Waals surface area contributed by atoms with Gasteiger partial charge in [0.15, 0.2) is 5.78 Å². The highest BCUT2D eigenvalue weighted by Crippen LogP contribution is 2.88. The number of ketones is 2. The zero-order valence-corrected chi connectivity index (χ0v) is 22.5. The molecule has 0 amide bonds. The molecule has 4 nitrogen and oxygen atoms in total. The summed E-state index contributed by atoms with van der Waals surface area (Å²) in [5, 5.41) is 10.8. The van der Waals surface area contributed by atoms with Crippen LogP contribution in [0.2, 0.25) is 0 Å². The zero-order valence-electron chi connectivity index (χ0n) is 22.5. The minimum atomic E-state index is -0.327. The number of aliphatic hydroxyl groups excluding tert-OH is 1. The number of hydrogen-bond acceptors (Lipinski definition) is 4. The first-order valence-corrected chi connectivity index (χ1v) is 14.1. The molecule has 6 rings (SSSR count). The predicted octanol–water partition coefficient (Wildman–Crippen LogP) is 5.74. The SMILES string of the molecule is C[C@H](CC(=O)[C@@H]1OC1(C)C)[C@H]1C(=O)C[C@@]2(C)[C@@H]3CC[C@H]4C(C)(C)[C@@H](O)CC[C@@]45C[C@@]35CC[C@]12C. The van der Waals surface area contributed by atoms with Crippen molar-refractivity contribution in [2.45, 2.75) is 124 Å². The van der Waals surface area contributed by atoms with Gasteiger partial charge in [-0.05, 0) is 104 Å². The van der Waals surface area contributed by atoms with E-state index in [-0.39, 0.29) is 51.7 Å². The molecule has 1 aliphatic heterocycles. The van der Waals surface area contributed by atoms with Gasteiger partial charge >= 0.3 is 0 Å². The van der Waals surface area contributed by atoms with Crippen molar-refractivity contribution < 1.29 is 19.4 Å². The fourth-order valence-corrected chi connectivity index (χ4v) is 11.4. The van der Waals surface area contributed by atoms with Crippen LogP contribution in [-0.2, 0) is 14.3 Å². The van der Waals surface area contributed by atoms with Crippen LogP contribution in [0.5, 0.6) is 0 Å². The molecule has 0 aromatic heterocycles. The van der Waals surface area contributed by atoms with Crippen LogP contribution in [0.15, 0.2) is 0 Å². The Morgan fingerprint density at radius 3 is 2.24 bits per heavy atom. The van der Waals surface area contributed by atoms with Gasteiger partial charge in [0.2, 0.25) is 0 Å². The molecule has 0 aromatic rings. The van der Waals surface area contributed by atoms with Crippen molar-refractivity contribution in [1.29, 1.82) is 0 Å². The number of aliphatic hydroxyl groups is 1. The van der Waals surface area contributed by atoms with Crippen LogP contribution in [-0.4, -0.2) is 34.5 Å². The fraction of sp³-hybridized carbons (Fsp3) is 0.933. The third-order valence-electron chi connectivity index (χ3n) is 13.3. The van der Waals surface area contributed by atoms with Crippen LogP contribution >= 0.6 is 0 Å². The highest BCUT2D eigenvalue weighted by Gasteiger charge is 2.82. The molecule has 5 aliphatic carbocycles. The number of carbonyl (C=O) groups is 2. The highest BCUT2D eigenvalue weighted by atomic mass is 16.6. The normalized spacial score (nSPS) is 54.8. The number of hydrogen-bond donors (Lipinski definition) is 1. The van der Waals surface area contributed by atoms with Crippen molar-refractivity contribution in [2.24, 2.45) is 50.7 Å². The van der Waals surface area contributed by atoms with E-state index >= 15 is 0 Å². The van der Waals surface area contributed by atoms with E-state index in [4.69, 9.17) is 4.74 Å². The molecule has 1 saturated heterocycles. The van der Waals surface area contributed by atoms with Gasteiger partial charge in [-0.3, -0.25) is 9.59 Å². The first-order valence-electron chi connectivity index (χ1n) is 14.1. The second-order valence-corrected chi connectivity index (χ2v) is 15.3. The smallest absolute Gasteiger partial charge is 0.164 e. The molecule has 1 heterocycles. The average Bonchev–Trinajstić information content (AvgIpc) is 3.56. The Kier molecular flexibility index (Phi) is 4.57. The van der Waals surface area contributed by atoms with Gasteiger partial charge in [-0.15, -0.1) is 0 Å². The first kappa shape index (κ1) is 23.6. The Hall–Kier alpha value is -0.740. The monoisotopic (exact) mass is 470 g/mol. The van der Waals surface area contributed by atoms with Gasteiger partial charge in [0.25, 0.3) is 0 Å². The predicted molar refractivity (Wildman–Crippen MR) is 131 cm³/mol. The van der Waals surface area contributed by atoms with Crippen LogP contribution in [0, 0.1) is 50.7 Å². The molecule has 0 bridgehead atoms. The van der Waals surface area contributed by atoms with Crippen molar-refractivity contribution in [3.05, 3.63) is 0 Å². The Morgan fingerprint density at radius 1 is 0.971 bits per heavy atom. The van der Waals surface area contributed by atoms with E-state index in [9.17, 15) is 14.7 Å². The maximum atomic E-state index is 13.7. The summed E-state index contributed by atoms with van der Waals surface area (Å²) >= 11 is 0. The summed E-state index contributed by atoms with van der Waals surface area (Å²) in [5.41, 5.74) is 0.429. The Balaban J connectivity index is 1.28. The van der Waals surface area contributed by atoms with Crippen LogP contribution < -0.4 is 0 Å². The summed E-state index contributed by atoms with van der Waals surface area (Å²) in [4.78, 5) is 26.6. The van der Waals surface area contributed by atoms with Crippen molar-refractivity contribution in [3.63, 3.8) is 0 Å². The molecule has 2 spiro atoms. The molecule has 0 aromatic carbocycles. The minimum absolute atomic E-state index is 0.00403. The molecule has 1 N–H and O–H groups in total. The van der Waals surface area contributed by atoms with Gasteiger partial charge in [0, 0.05) is 18.8 Å². The molecule has 5 saturated carbocycles. The third-order valence-corrected chi connectivity index (χ3v) is 13.3. The number of Topliss-reactive ketones (excluding diaryl/α,β-unsaturated/α-hetero) is 2. The summed E-state index contributed by atoms with van der Waals surface area (Å²) < 4.78 is 5.62. The maximum absolute atomic E-state index is 13.7. The molecule has 0 radical (unpaired) electrons. The Bertz CT molecular complexity index is 951. The van der Waals surface area contributed by atoms with Crippen molar-refractivity contribution >= 4 is 11.6 Å². The number of fused-ring (bicyclic) bond motifs is 2. The minimum Gasteiger partial charge on any atom is -0.393 e. The lowest BCUT2D eigenvalue weighted by molar-refractivity contribution is -0.162. The second kappa shape index (κ2) is 6.57. The van der Waals surface area contributed by atoms with Crippen molar-refractivity contribution in [1.82, 2.24) is 0 Å². The zero-order chi connectivity index (χ0) is 24.7. The topological polar surface area (TPSA) is 66.9 Å². The van der Waals surface area contributed by atoms with Gasteiger partial charge in [-0.1, -0.05) is 34.6 Å². The largest absolute Gasteiger partial charge is 0.393 e. The van der Waals surface area contributed by atoms with Crippen molar-refractivity contribution in [2.75, 3.05) is 0 Å². The van der Waals surface area contributed by atoms with Gasteiger partial charge in [0.05, 0.1) is 11.7 Å². The van der Waals surface area contributed by atoms with Crippen molar-refractivity contribution in [3.8, 4) is 0 Å². The molecule has 190 valence electrons. The summed E-state index contributed by atoms with van der Waals surface area (Å²) in [5.74, 6) is 1.86. The molecule has 10 atom stereocenters. The molecule has 4 heteroatoms. The Labute approximate surface area is 206 Å². The molecule has 34 heavy (non-hydrogen) atoms. The van der Waals surface area contributed by atoms with Crippen LogP contribution in [0.3, 0.4) is 0 Å². The van der Waals surface area contributed by atoms with Gasteiger partial charge in [-0.2, -0.15) is 0 Å². The van der Waals surface area contributed by atoms with E-state index < -0.39 is 0 Å². The third kappa shape index (κ3) is 2.58. The highest BCUT2D eigenvalue weighted by molar-refractivity contribution is 5.89. The van der Waals surface area contributed by atoms with E-state index in [1.807, 2.05) is 13.8 Å². The molecular weight excluding hydrogens is 424 g/mol. The van der Waals surface area contributed by atoms with Crippen LogP contribution in [0.1, 0.15) is 106 Å². The lowest BCUT2D eigenvalue weighted by atomic mass is 9.41. The molecule has 6 fully saturated rings. The summed E-state index contributed by atoms with van der Waals surface area (Å²) in [6.07, 6.45) is 8.85. The van der Waals surface area contributed by atoms with Gasteiger partial charge < -0.3 is 9.84 Å². The Morgan fingerprint density at radius 2 is 1.59 bits per heavy atom. The average molecular weight is 471 g/mol. The lowest BCUT2D eigenvalue weighted by Crippen LogP contribution is -2.57. The maximum Gasteiger partial charge on any atom is 0.164 e. The van der Waals surface area contributed by atoms with E-state index in [0.717, 1.165) is 12.8 Å². The number of rotatable bonds is 4. The van der Waals surface area contributed by atoms with E-state index in [2.05, 4.69) is 34.6 Å². The molecule has 6 aliphatic rings. The van der Waals surface area contributed by atoms with Crippen LogP contribution in [0.25, 0.3) is 0 Å². The van der Waals surface area contributed by atoms with E-state index in [1.165, 1.54) is 32.1 Å². The number of ether oxygens (including phenoxy) is 1. The fourth-order valence-electron chi connectivity index (χ4n) is 11.4. The van der Waals surface area contributed by atoms with E-state index in [0.29, 0.717) is 41.3 Å². The van der Waals surface area contributed by atoms with E-state index in [1.54, 1.807) is 0 Å². The first-order chi connectivity index (χ1) is 15.7. The second-order valence-electron chi connectivity index (χ2n) is 15.3. The molecule has 0 unspecified atom stereocenters.